The zero-order valence-electron chi connectivity index (χ0n) is 10.3. The summed E-state index contributed by atoms with van der Waals surface area (Å²) in [5.74, 6) is 6.96. The van der Waals surface area contributed by atoms with E-state index in [-0.39, 0.29) is 0 Å². The SMILES string of the molecule is COc1ccc(C=CC#Cc2ccccc2)cc1. The van der Waals surface area contributed by atoms with Crippen molar-refractivity contribution < 1.29 is 4.74 Å². The lowest BCUT2D eigenvalue weighted by Crippen LogP contribution is -1.81. The van der Waals surface area contributed by atoms with Crippen molar-refractivity contribution in [2.24, 2.45) is 0 Å². The van der Waals surface area contributed by atoms with E-state index in [2.05, 4.69) is 11.8 Å². The minimum Gasteiger partial charge on any atom is -0.497 e. The molecule has 2 aromatic carbocycles. The van der Waals surface area contributed by atoms with Crippen LogP contribution in [-0.2, 0) is 0 Å². The van der Waals surface area contributed by atoms with Crippen molar-refractivity contribution >= 4 is 6.08 Å². The van der Waals surface area contributed by atoms with E-state index in [1.807, 2.05) is 66.7 Å². The average molecular weight is 234 g/mol. The third-order valence-corrected chi connectivity index (χ3v) is 2.47. The van der Waals surface area contributed by atoms with Crippen LogP contribution >= 0.6 is 0 Å². The predicted molar refractivity (Wildman–Crippen MR) is 75.3 cm³/mol. The van der Waals surface area contributed by atoms with E-state index < -0.39 is 0 Å². The summed E-state index contributed by atoms with van der Waals surface area (Å²) >= 11 is 0. The van der Waals surface area contributed by atoms with Crippen LogP contribution in [0.2, 0.25) is 0 Å². The lowest BCUT2D eigenvalue weighted by molar-refractivity contribution is 0.415. The van der Waals surface area contributed by atoms with Crippen LogP contribution in [0, 0.1) is 11.8 Å². The number of allylic oxidation sites excluding steroid dienone is 1. The number of hydrogen-bond acceptors (Lipinski definition) is 1. The van der Waals surface area contributed by atoms with Crippen molar-refractivity contribution in [2.45, 2.75) is 0 Å². The highest BCUT2D eigenvalue weighted by Gasteiger charge is 1.88. The maximum Gasteiger partial charge on any atom is 0.118 e. The van der Waals surface area contributed by atoms with Crippen LogP contribution in [0.15, 0.2) is 60.7 Å². The normalized spacial score (nSPS) is 9.83. The van der Waals surface area contributed by atoms with Gasteiger partial charge in [-0.25, -0.2) is 0 Å². The molecular weight excluding hydrogens is 220 g/mol. The molecule has 0 unspecified atom stereocenters. The Morgan fingerprint density at radius 2 is 1.67 bits per heavy atom. The molecule has 0 heterocycles. The highest BCUT2D eigenvalue weighted by atomic mass is 16.5. The molecule has 0 amide bonds. The van der Waals surface area contributed by atoms with E-state index in [0.29, 0.717) is 0 Å². The molecule has 0 aliphatic carbocycles. The Labute approximate surface area is 108 Å². The van der Waals surface area contributed by atoms with Gasteiger partial charge in [0.15, 0.2) is 0 Å². The minimum absolute atomic E-state index is 0.863. The van der Waals surface area contributed by atoms with Crippen molar-refractivity contribution in [1.82, 2.24) is 0 Å². The van der Waals surface area contributed by atoms with Gasteiger partial charge in [0.2, 0.25) is 0 Å². The van der Waals surface area contributed by atoms with Gasteiger partial charge in [-0.3, -0.25) is 0 Å². The first-order valence-electron chi connectivity index (χ1n) is 5.76. The molecule has 0 aromatic heterocycles. The number of hydrogen-bond donors (Lipinski definition) is 0. The lowest BCUT2D eigenvalue weighted by Gasteiger charge is -1.98. The summed E-state index contributed by atoms with van der Waals surface area (Å²) < 4.78 is 5.10. The van der Waals surface area contributed by atoms with E-state index in [9.17, 15) is 0 Å². The van der Waals surface area contributed by atoms with E-state index in [1.54, 1.807) is 7.11 Å². The molecule has 0 spiro atoms. The fourth-order valence-electron chi connectivity index (χ4n) is 1.50. The summed E-state index contributed by atoms with van der Waals surface area (Å²) in [6.45, 7) is 0. The summed E-state index contributed by atoms with van der Waals surface area (Å²) in [6.07, 6.45) is 3.84. The zero-order chi connectivity index (χ0) is 12.6. The molecule has 18 heavy (non-hydrogen) atoms. The molecule has 2 rings (SSSR count). The number of rotatable bonds is 2. The Balaban J connectivity index is 2.01. The average Bonchev–Trinajstić information content (AvgIpc) is 2.45. The topological polar surface area (TPSA) is 9.23 Å². The molecule has 0 aliphatic rings. The van der Waals surface area contributed by atoms with E-state index in [1.165, 1.54) is 0 Å². The molecule has 1 nitrogen and oxygen atoms in total. The summed E-state index contributed by atoms with van der Waals surface area (Å²) in [4.78, 5) is 0. The fourth-order valence-corrected chi connectivity index (χ4v) is 1.50. The molecule has 0 N–H and O–H groups in total. The second-order valence-corrected chi connectivity index (χ2v) is 3.74. The molecule has 0 atom stereocenters. The van der Waals surface area contributed by atoms with Gasteiger partial charge in [0.1, 0.15) is 5.75 Å². The predicted octanol–water partition coefficient (Wildman–Crippen LogP) is 3.76. The van der Waals surface area contributed by atoms with E-state index >= 15 is 0 Å². The lowest BCUT2D eigenvalue weighted by atomic mass is 10.2. The summed E-state index contributed by atoms with van der Waals surface area (Å²) in [7, 11) is 1.66. The van der Waals surface area contributed by atoms with Crippen LogP contribution in [0.1, 0.15) is 11.1 Å². The third kappa shape index (κ3) is 3.54. The highest BCUT2D eigenvalue weighted by Crippen LogP contribution is 2.11. The maximum atomic E-state index is 5.10. The Kier molecular flexibility index (Phi) is 4.22. The van der Waals surface area contributed by atoms with Gasteiger partial charge in [-0.2, -0.15) is 0 Å². The van der Waals surface area contributed by atoms with Crippen molar-refractivity contribution in [1.29, 1.82) is 0 Å². The Bertz CT molecular complexity index is 569. The first kappa shape index (κ1) is 12.0. The van der Waals surface area contributed by atoms with Gasteiger partial charge in [-0.1, -0.05) is 42.2 Å². The molecule has 0 bridgehead atoms. The molecule has 0 fully saturated rings. The van der Waals surface area contributed by atoms with Gasteiger partial charge in [0.05, 0.1) is 7.11 Å². The van der Waals surface area contributed by atoms with Crippen LogP contribution in [0.5, 0.6) is 5.75 Å². The van der Waals surface area contributed by atoms with Gasteiger partial charge >= 0.3 is 0 Å². The van der Waals surface area contributed by atoms with Crippen molar-refractivity contribution in [2.75, 3.05) is 7.11 Å². The first-order chi connectivity index (χ1) is 8.88. The number of benzene rings is 2. The van der Waals surface area contributed by atoms with Crippen LogP contribution < -0.4 is 4.74 Å². The molecular formula is C17H14O. The second kappa shape index (κ2) is 6.32. The quantitative estimate of drug-likeness (QED) is 0.719. The first-order valence-corrected chi connectivity index (χ1v) is 5.76. The Morgan fingerprint density at radius 1 is 0.944 bits per heavy atom. The molecule has 0 saturated carbocycles. The number of methoxy groups -OCH3 is 1. The van der Waals surface area contributed by atoms with E-state index in [0.717, 1.165) is 16.9 Å². The second-order valence-electron chi connectivity index (χ2n) is 3.74. The van der Waals surface area contributed by atoms with Crippen LogP contribution in [0.4, 0.5) is 0 Å². The molecule has 2 aromatic rings. The summed E-state index contributed by atoms with van der Waals surface area (Å²) in [5, 5.41) is 0. The Morgan fingerprint density at radius 3 is 2.33 bits per heavy atom. The number of ether oxygens (including phenoxy) is 1. The van der Waals surface area contributed by atoms with Crippen LogP contribution in [0.3, 0.4) is 0 Å². The third-order valence-electron chi connectivity index (χ3n) is 2.47. The van der Waals surface area contributed by atoms with Gasteiger partial charge in [0.25, 0.3) is 0 Å². The molecule has 1 heteroatoms. The van der Waals surface area contributed by atoms with Crippen LogP contribution in [-0.4, -0.2) is 7.11 Å². The van der Waals surface area contributed by atoms with Crippen molar-refractivity contribution in [3.8, 4) is 17.6 Å². The molecule has 0 saturated heterocycles. The monoisotopic (exact) mass is 234 g/mol. The van der Waals surface area contributed by atoms with Gasteiger partial charge < -0.3 is 4.74 Å². The highest BCUT2D eigenvalue weighted by molar-refractivity contribution is 5.54. The molecule has 0 radical (unpaired) electrons. The smallest absolute Gasteiger partial charge is 0.118 e. The van der Waals surface area contributed by atoms with E-state index in [4.69, 9.17) is 4.74 Å². The standard InChI is InChI=1S/C17H14O/c1-18-17-13-11-16(12-14-17)10-6-5-9-15-7-3-2-4-8-15/h2-4,6-8,10-14H,1H3. The van der Waals surface area contributed by atoms with Gasteiger partial charge in [-0.15, -0.1) is 0 Å². The van der Waals surface area contributed by atoms with Gasteiger partial charge in [0, 0.05) is 5.56 Å². The maximum absolute atomic E-state index is 5.10. The van der Waals surface area contributed by atoms with Gasteiger partial charge in [-0.05, 0) is 42.0 Å². The molecule has 88 valence electrons. The Hall–Kier alpha value is -2.46. The van der Waals surface area contributed by atoms with Crippen LogP contribution in [0.25, 0.3) is 6.08 Å². The molecule has 0 aliphatic heterocycles. The largest absolute Gasteiger partial charge is 0.497 e. The summed E-state index contributed by atoms with van der Waals surface area (Å²) in [5.41, 5.74) is 2.13. The minimum atomic E-state index is 0.863. The fraction of sp³-hybridized carbons (Fsp3) is 0.0588. The zero-order valence-corrected chi connectivity index (χ0v) is 10.3. The summed E-state index contributed by atoms with van der Waals surface area (Å²) in [6, 6.07) is 17.8. The van der Waals surface area contributed by atoms with Crippen molar-refractivity contribution in [3.63, 3.8) is 0 Å². The van der Waals surface area contributed by atoms with Crippen molar-refractivity contribution in [3.05, 3.63) is 71.8 Å².